The van der Waals surface area contributed by atoms with Crippen molar-refractivity contribution in [3.63, 3.8) is 0 Å². The molecule has 1 saturated heterocycles. The molecule has 26 heavy (non-hydrogen) atoms. The summed E-state index contributed by atoms with van der Waals surface area (Å²) in [4.78, 5) is 17.8. The van der Waals surface area contributed by atoms with Crippen LogP contribution in [0.3, 0.4) is 0 Å². The fourth-order valence-corrected chi connectivity index (χ4v) is 3.62. The molecule has 2 aromatic carbocycles. The molecule has 0 saturated carbocycles. The van der Waals surface area contributed by atoms with E-state index in [0.29, 0.717) is 5.92 Å². The number of anilines is 1. The highest BCUT2D eigenvalue weighted by molar-refractivity contribution is 5.92. The van der Waals surface area contributed by atoms with Gasteiger partial charge in [0.25, 0.3) is 0 Å². The van der Waals surface area contributed by atoms with Gasteiger partial charge in [-0.05, 0) is 55.3 Å². The normalized spacial score (nSPS) is 17.5. The van der Waals surface area contributed by atoms with Crippen molar-refractivity contribution in [3.8, 4) is 0 Å². The van der Waals surface area contributed by atoms with Crippen LogP contribution in [0.1, 0.15) is 23.5 Å². The van der Waals surface area contributed by atoms with Crippen LogP contribution in [-0.2, 0) is 11.3 Å². The van der Waals surface area contributed by atoms with Gasteiger partial charge in [0.1, 0.15) is 6.61 Å². The molecule has 3 aromatic rings. The van der Waals surface area contributed by atoms with E-state index in [0.717, 1.165) is 29.9 Å². The smallest absolute Gasteiger partial charge is 0.411 e. The number of nitrogens with one attached hydrogen (secondary N) is 2. The number of carbonyl (C=O) groups excluding carboxylic acids is 1. The predicted molar refractivity (Wildman–Crippen MR) is 103 cm³/mol. The molecule has 1 aromatic heterocycles. The largest absolute Gasteiger partial charge is 0.444 e. The number of benzene rings is 2. The molecule has 0 bridgehead atoms. The van der Waals surface area contributed by atoms with E-state index in [1.165, 1.54) is 17.4 Å². The highest BCUT2D eigenvalue weighted by Crippen LogP contribution is 2.33. The van der Waals surface area contributed by atoms with Crippen molar-refractivity contribution < 1.29 is 9.53 Å². The lowest BCUT2D eigenvalue weighted by molar-refractivity contribution is 0.155. The predicted octanol–water partition coefficient (Wildman–Crippen LogP) is 4.34. The lowest BCUT2D eigenvalue weighted by Crippen LogP contribution is -2.13. The molecule has 1 aliphatic rings. The monoisotopic (exact) mass is 349 g/mol. The summed E-state index contributed by atoms with van der Waals surface area (Å²) in [7, 11) is 2.16. The zero-order chi connectivity index (χ0) is 17.9. The second-order valence-corrected chi connectivity index (χ2v) is 6.94. The maximum Gasteiger partial charge on any atom is 0.411 e. The minimum atomic E-state index is -0.439. The highest BCUT2D eigenvalue weighted by Gasteiger charge is 2.23. The Labute approximate surface area is 153 Å². The molecule has 1 amide bonds. The number of ether oxygens (including phenoxy) is 1. The summed E-state index contributed by atoms with van der Waals surface area (Å²) in [5.41, 5.74) is 4.14. The Morgan fingerprint density at radius 1 is 1.27 bits per heavy atom. The first-order valence-electron chi connectivity index (χ1n) is 8.96. The first kappa shape index (κ1) is 16.7. The molecular weight excluding hydrogens is 326 g/mol. The molecule has 1 aliphatic heterocycles. The van der Waals surface area contributed by atoms with Crippen molar-refractivity contribution in [2.24, 2.45) is 0 Å². The number of amides is 1. The van der Waals surface area contributed by atoms with E-state index in [1.54, 1.807) is 0 Å². The summed E-state index contributed by atoms with van der Waals surface area (Å²) in [5.74, 6) is 0.536. The van der Waals surface area contributed by atoms with Crippen LogP contribution >= 0.6 is 0 Å². The van der Waals surface area contributed by atoms with Crippen LogP contribution in [-0.4, -0.2) is 36.1 Å². The van der Waals surface area contributed by atoms with Crippen LogP contribution in [0.4, 0.5) is 10.5 Å². The molecule has 0 spiro atoms. The molecule has 4 rings (SSSR count). The average Bonchev–Trinajstić information content (AvgIpc) is 3.26. The Hall–Kier alpha value is -2.79. The number of likely N-dealkylation sites (tertiary alicyclic amines) is 1. The van der Waals surface area contributed by atoms with Gasteiger partial charge < -0.3 is 14.6 Å². The fourth-order valence-electron chi connectivity index (χ4n) is 3.62. The summed E-state index contributed by atoms with van der Waals surface area (Å²) in [6.07, 6.45) is 2.83. The van der Waals surface area contributed by atoms with Crippen molar-refractivity contribution in [3.05, 3.63) is 65.9 Å². The topological polar surface area (TPSA) is 57.4 Å². The number of fused-ring (bicyclic) bond motifs is 1. The summed E-state index contributed by atoms with van der Waals surface area (Å²) < 4.78 is 5.31. The standard InChI is InChI=1S/C21H23N3O2/c1-24-10-9-16(13-24)19-12-22-20-8-7-17(11-18(19)20)23-21(25)26-14-15-5-3-2-4-6-15/h2-8,11-12,16,22H,9-10,13-14H2,1H3,(H,23,25). The van der Waals surface area contributed by atoms with Crippen molar-refractivity contribution in [2.75, 3.05) is 25.5 Å². The zero-order valence-electron chi connectivity index (χ0n) is 14.9. The average molecular weight is 349 g/mol. The summed E-state index contributed by atoms with van der Waals surface area (Å²) >= 11 is 0. The number of hydrogen-bond donors (Lipinski definition) is 2. The number of rotatable bonds is 4. The minimum absolute atomic E-state index is 0.263. The summed E-state index contributed by atoms with van der Waals surface area (Å²) in [5, 5.41) is 4.01. The molecule has 5 heteroatoms. The third-order valence-electron chi connectivity index (χ3n) is 5.00. The number of carbonyl (C=O) groups is 1. The Balaban J connectivity index is 1.45. The van der Waals surface area contributed by atoms with E-state index in [-0.39, 0.29) is 6.61 Å². The van der Waals surface area contributed by atoms with E-state index >= 15 is 0 Å². The van der Waals surface area contributed by atoms with E-state index in [9.17, 15) is 4.79 Å². The Morgan fingerprint density at radius 2 is 2.12 bits per heavy atom. The third-order valence-corrected chi connectivity index (χ3v) is 5.00. The molecule has 0 radical (unpaired) electrons. The molecule has 1 fully saturated rings. The van der Waals surface area contributed by atoms with E-state index in [2.05, 4.69) is 28.4 Å². The van der Waals surface area contributed by atoms with Crippen LogP contribution in [0, 0.1) is 0 Å². The third kappa shape index (κ3) is 3.58. The van der Waals surface area contributed by atoms with Crippen LogP contribution in [0.2, 0.25) is 0 Å². The van der Waals surface area contributed by atoms with Gasteiger partial charge in [-0.1, -0.05) is 30.3 Å². The van der Waals surface area contributed by atoms with Crippen LogP contribution in [0.25, 0.3) is 10.9 Å². The van der Waals surface area contributed by atoms with Crippen molar-refractivity contribution >= 4 is 22.7 Å². The van der Waals surface area contributed by atoms with E-state index < -0.39 is 6.09 Å². The van der Waals surface area contributed by atoms with Crippen LogP contribution in [0.5, 0.6) is 0 Å². The second-order valence-electron chi connectivity index (χ2n) is 6.94. The van der Waals surface area contributed by atoms with Gasteiger partial charge in [0.15, 0.2) is 0 Å². The Kier molecular flexibility index (Phi) is 4.63. The van der Waals surface area contributed by atoms with Gasteiger partial charge in [-0.25, -0.2) is 4.79 Å². The molecule has 1 atom stereocenters. The summed E-state index contributed by atoms with van der Waals surface area (Å²) in [6, 6.07) is 15.6. The minimum Gasteiger partial charge on any atom is -0.444 e. The van der Waals surface area contributed by atoms with Gasteiger partial charge >= 0.3 is 6.09 Å². The molecular formula is C21H23N3O2. The van der Waals surface area contributed by atoms with Crippen LogP contribution < -0.4 is 5.32 Å². The SMILES string of the molecule is CN1CCC(c2c[nH]c3ccc(NC(=O)OCc4ccccc4)cc23)C1. The lowest BCUT2D eigenvalue weighted by atomic mass is 9.98. The fraction of sp³-hybridized carbons (Fsp3) is 0.286. The van der Waals surface area contributed by atoms with Crippen molar-refractivity contribution in [2.45, 2.75) is 18.9 Å². The van der Waals surface area contributed by atoms with Gasteiger partial charge in [0.05, 0.1) is 0 Å². The quantitative estimate of drug-likeness (QED) is 0.737. The van der Waals surface area contributed by atoms with Crippen molar-refractivity contribution in [1.29, 1.82) is 0 Å². The Bertz CT molecular complexity index is 904. The van der Waals surface area contributed by atoms with Gasteiger partial charge in [0.2, 0.25) is 0 Å². The van der Waals surface area contributed by atoms with E-state index in [1.807, 2.05) is 48.5 Å². The first-order chi connectivity index (χ1) is 12.7. The zero-order valence-corrected chi connectivity index (χ0v) is 14.9. The number of aromatic amines is 1. The second kappa shape index (κ2) is 7.22. The Morgan fingerprint density at radius 3 is 2.88 bits per heavy atom. The number of aromatic nitrogens is 1. The number of nitrogens with zero attached hydrogens (tertiary/aromatic N) is 1. The molecule has 2 heterocycles. The van der Waals surface area contributed by atoms with Crippen molar-refractivity contribution in [1.82, 2.24) is 9.88 Å². The maximum atomic E-state index is 12.1. The molecule has 2 N–H and O–H groups in total. The highest BCUT2D eigenvalue weighted by atomic mass is 16.5. The molecule has 5 nitrogen and oxygen atoms in total. The number of likely N-dealkylation sites (N-methyl/N-ethyl adjacent to an activating group) is 1. The molecule has 0 aliphatic carbocycles. The molecule has 1 unspecified atom stereocenters. The first-order valence-corrected chi connectivity index (χ1v) is 8.96. The number of hydrogen-bond acceptors (Lipinski definition) is 3. The maximum absolute atomic E-state index is 12.1. The van der Waals surface area contributed by atoms with Gasteiger partial charge in [-0.2, -0.15) is 0 Å². The van der Waals surface area contributed by atoms with Crippen LogP contribution in [0.15, 0.2) is 54.7 Å². The summed E-state index contributed by atoms with van der Waals surface area (Å²) in [6.45, 7) is 2.46. The van der Waals surface area contributed by atoms with Gasteiger partial charge in [0, 0.05) is 29.3 Å². The van der Waals surface area contributed by atoms with Gasteiger partial charge in [-0.3, -0.25) is 5.32 Å². The molecule has 134 valence electrons. The number of H-pyrrole nitrogens is 1. The van der Waals surface area contributed by atoms with E-state index in [4.69, 9.17) is 4.74 Å². The lowest BCUT2D eigenvalue weighted by Gasteiger charge is -2.11. The van der Waals surface area contributed by atoms with Gasteiger partial charge in [-0.15, -0.1) is 0 Å².